The molecule has 0 aliphatic rings. The van der Waals surface area contributed by atoms with Crippen molar-refractivity contribution in [3.05, 3.63) is 34.4 Å². The summed E-state index contributed by atoms with van der Waals surface area (Å²) in [6, 6.07) is 2.63. The Kier molecular flexibility index (Phi) is 9.72. The molecule has 0 aromatic carbocycles. The first kappa shape index (κ1) is 23.4. The zero-order chi connectivity index (χ0) is 16.9. The first-order chi connectivity index (χ1) is 10.9. The monoisotopic (exact) mass is 418 g/mol. The van der Waals surface area contributed by atoms with Gasteiger partial charge in [-0.2, -0.15) is 13.2 Å². The maximum absolute atomic E-state index is 12.0. The lowest BCUT2D eigenvalue weighted by atomic mass is 10.3. The fourth-order valence-corrected chi connectivity index (χ4v) is 2.34. The lowest BCUT2D eigenvalue weighted by Crippen LogP contribution is -2.19. The minimum atomic E-state index is -4.43. The van der Waals surface area contributed by atoms with Gasteiger partial charge in [0.25, 0.3) is 5.91 Å². The minimum absolute atomic E-state index is 0. The summed E-state index contributed by atoms with van der Waals surface area (Å²) in [6.07, 6.45) is -2.64. The molecule has 2 heterocycles. The number of nitrogens with two attached hydrogens (primary N) is 1. The largest absolute Gasteiger partial charge is 0.468 e. The number of carbonyl (C=O) groups excluding carboxylic acids is 1. The van der Waals surface area contributed by atoms with Crippen molar-refractivity contribution in [1.82, 2.24) is 9.97 Å². The maximum atomic E-state index is 12.0. The quantitative estimate of drug-likeness (QED) is 0.751. The fraction of sp³-hybridized carbons (Fsp3) is 0.308. The SMILES string of the molecule is Cl.Cl.NCCc1nc(C(=O)Nc2ccc(OCC(F)(F)F)nc2)cs1. The molecule has 0 atom stereocenters. The minimum Gasteiger partial charge on any atom is -0.468 e. The molecule has 2 aromatic rings. The normalized spacial score (nSPS) is 10.4. The van der Waals surface area contributed by atoms with Gasteiger partial charge in [-0.1, -0.05) is 0 Å². The van der Waals surface area contributed by atoms with Crippen LogP contribution in [0.2, 0.25) is 0 Å². The highest BCUT2D eigenvalue weighted by atomic mass is 35.5. The Labute approximate surface area is 157 Å². The van der Waals surface area contributed by atoms with E-state index in [2.05, 4.69) is 20.0 Å². The molecule has 0 saturated carbocycles. The van der Waals surface area contributed by atoms with Gasteiger partial charge in [0.1, 0.15) is 5.69 Å². The number of halogens is 5. The Hall–Kier alpha value is -1.62. The highest BCUT2D eigenvalue weighted by molar-refractivity contribution is 7.09. The Morgan fingerprint density at radius 3 is 2.60 bits per heavy atom. The Bertz CT molecular complexity index is 668. The van der Waals surface area contributed by atoms with E-state index >= 15 is 0 Å². The summed E-state index contributed by atoms with van der Waals surface area (Å²) in [5, 5.41) is 4.91. The van der Waals surface area contributed by atoms with Crippen molar-refractivity contribution in [3.8, 4) is 5.88 Å². The molecule has 12 heteroatoms. The number of pyridine rings is 1. The van der Waals surface area contributed by atoms with Crippen molar-refractivity contribution < 1.29 is 22.7 Å². The molecule has 0 aliphatic heterocycles. The summed E-state index contributed by atoms with van der Waals surface area (Å²) in [7, 11) is 0. The second kappa shape index (κ2) is 10.4. The van der Waals surface area contributed by atoms with Crippen LogP contribution in [0, 0.1) is 0 Å². The number of alkyl halides is 3. The van der Waals surface area contributed by atoms with Crippen LogP contribution in [0.1, 0.15) is 15.5 Å². The van der Waals surface area contributed by atoms with E-state index in [0.29, 0.717) is 18.7 Å². The molecule has 1 amide bonds. The van der Waals surface area contributed by atoms with Crippen LogP contribution in [0.25, 0.3) is 0 Å². The van der Waals surface area contributed by atoms with E-state index in [-0.39, 0.29) is 36.4 Å². The number of hydrogen-bond donors (Lipinski definition) is 2. The summed E-state index contributed by atoms with van der Waals surface area (Å²) in [6.45, 7) is -0.980. The Morgan fingerprint density at radius 1 is 1.32 bits per heavy atom. The van der Waals surface area contributed by atoms with Crippen LogP contribution in [0.3, 0.4) is 0 Å². The van der Waals surface area contributed by atoms with Gasteiger partial charge >= 0.3 is 6.18 Å². The van der Waals surface area contributed by atoms with Crippen molar-refractivity contribution in [2.45, 2.75) is 12.6 Å². The van der Waals surface area contributed by atoms with E-state index in [4.69, 9.17) is 5.73 Å². The van der Waals surface area contributed by atoms with E-state index in [1.807, 2.05) is 0 Å². The van der Waals surface area contributed by atoms with E-state index in [9.17, 15) is 18.0 Å². The molecule has 2 rings (SSSR count). The average molecular weight is 419 g/mol. The summed E-state index contributed by atoms with van der Waals surface area (Å²) in [4.78, 5) is 19.8. The second-order valence-electron chi connectivity index (χ2n) is 4.41. The van der Waals surface area contributed by atoms with Crippen molar-refractivity contribution in [1.29, 1.82) is 0 Å². The van der Waals surface area contributed by atoms with Crippen molar-refractivity contribution in [2.75, 3.05) is 18.5 Å². The maximum Gasteiger partial charge on any atom is 0.422 e. The molecular weight excluding hydrogens is 404 g/mol. The van der Waals surface area contributed by atoms with Gasteiger partial charge < -0.3 is 15.8 Å². The number of anilines is 1. The fourth-order valence-electron chi connectivity index (χ4n) is 1.54. The molecule has 6 nitrogen and oxygen atoms in total. The first-order valence-electron chi connectivity index (χ1n) is 6.49. The van der Waals surface area contributed by atoms with Crippen LogP contribution in [-0.4, -0.2) is 35.2 Å². The molecule has 0 unspecified atom stereocenters. The molecule has 3 N–H and O–H groups in total. The second-order valence-corrected chi connectivity index (χ2v) is 5.35. The third kappa shape index (κ3) is 7.86. The molecule has 140 valence electrons. The Balaban J connectivity index is 0.00000288. The lowest BCUT2D eigenvalue weighted by molar-refractivity contribution is -0.154. The summed E-state index contributed by atoms with van der Waals surface area (Å²) in [5.74, 6) is -0.616. The topological polar surface area (TPSA) is 90.1 Å². The molecule has 0 radical (unpaired) electrons. The average Bonchev–Trinajstić information content (AvgIpc) is 2.95. The summed E-state index contributed by atoms with van der Waals surface area (Å²) >= 11 is 1.33. The van der Waals surface area contributed by atoms with Gasteiger partial charge in [-0.25, -0.2) is 9.97 Å². The lowest BCUT2D eigenvalue weighted by Gasteiger charge is -2.08. The standard InChI is InChI=1S/C13H13F3N4O2S.2ClH/c14-13(15,16)7-22-10-2-1-8(5-18-10)19-12(21)9-6-23-11(20-9)3-4-17;;/h1-2,5-6H,3-4,7,17H2,(H,19,21);2*1H. The zero-order valence-corrected chi connectivity index (χ0v) is 15.0. The van der Waals surface area contributed by atoms with Crippen molar-refractivity contribution >= 4 is 47.7 Å². The third-order valence-corrected chi connectivity index (χ3v) is 3.43. The summed E-state index contributed by atoms with van der Waals surface area (Å²) in [5.41, 5.74) is 5.98. The van der Waals surface area contributed by atoms with Crippen LogP contribution >= 0.6 is 36.2 Å². The Morgan fingerprint density at radius 2 is 2.04 bits per heavy atom. The van der Waals surface area contributed by atoms with Crippen molar-refractivity contribution in [3.63, 3.8) is 0 Å². The molecule has 0 fully saturated rings. The number of ether oxygens (including phenoxy) is 1. The van der Waals surface area contributed by atoms with E-state index in [1.165, 1.54) is 29.7 Å². The summed E-state index contributed by atoms with van der Waals surface area (Å²) < 4.78 is 40.5. The van der Waals surface area contributed by atoms with Gasteiger partial charge in [0, 0.05) is 17.9 Å². The molecule has 0 bridgehead atoms. The van der Waals surface area contributed by atoms with Gasteiger partial charge in [-0.15, -0.1) is 36.2 Å². The molecule has 0 aliphatic carbocycles. The number of amides is 1. The zero-order valence-electron chi connectivity index (χ0n) is 12.6. The predicted octanol–water partition coefficient (Wildman–Crippen LogP) is 3.08. The number of nitrogens with one attached hydrogen (secondary N) is 1. The van der Waals surface area contributed by atoms with Crippen LogP contribution in [-0.2, 0) is 6.42 Å². The third-order valence-electron chi connectivity index (χ3n) is 2.52. The highest BCUT2D eigenvalue weighted by Crippen LogP contribution is 2.18. The number of aromatic nitrogens is 2. The van der Waals surface area contributed by atoms with Gasteiger partial charge in [-0.3, -0.25) is 4.79 Å². The first-order valence-corrected chi connectivity index (χ1v) is 7.37. The number of nitrogens with zero attached hydrogens (tertiary/aromatic N) is 2. The van der Waals surface area contributed by atoms with E-state index in [0.717, 1.165) is 5.01 Å². The number of rotatable bonds is 6. The smallest absolute Gasteiger partial charge is 0.422 e. The number of thiazole rings is 1. The van der Waals surface area contributed by atoms with Crippen LogP contribution in [0.5, 0.6) is 5.88 Å². The van der Waals surface area contributed by atoms with Crippen LogP contribution < -0.4 is 15.8 Å². The van der Waals surface area contributed by atoms with Gasteiger partial charge in [0.05, 0.1) is 16.9 Å². The van der Waals surface area contributed by atoms with Gasteiger partial charge in [-0.05, 0) is 12.6 Å². The highest BCUT2D eigenvalue weighted by Gasteiger charge is 2.28. The number of hydrogen-bond acceptors (Lipinski definition) is 6. The van der Waals surface area contributed by atoms with Crippen LogP contribution in [0.4, 0.5) is 18.9 Å². The number of carbonyl (C=O) groups is 1. The van der Waals surface area contributed by atoms with E-state index in [1.54, 1.807) is 5.38 Å². The molecule has 0 spiro atoms. The van der Waals surface area contributed by atoms with Gasteiger partial charge in [0.2, 0.25) is 5.88 Å². The predicted molar refractivity (Wildman–Crippen MR) is 93.1 cm³/mol. The van der Waals surface area contributed by atoms with Crippen LogP contribution in [0.15, 0.2) is 23.7 Å². The molecular formula is C13H15Cl2F3N4O2S. The molecule has 0 saturated heterocycles. The van der Waals surface area contributed by atoms with Gasteiger partial charge in [0.15, 0.2) is 6.61 Å². The van der Waals surface area contributed by atoms with E-state index < -0.39 is 18.7 Å². The molecule has 2 aromatic heterocycles. The molecule has 25 heavy (non-hydrogen) atoms. The van der Waals surface area contributed by atoms with Crippen molar-refractivity contribution in [2.24, 2.45) is 5.73 Å².